The number of ketones is 1. The molecule has 2 fully saturated rings. The molecular formula is C24H26O. The minimum Gasteiger partial charge on any atom is -0.299 e. The van der Waals surface area contributed by atoms with Crippen LogP contribution in [-0.2, 0) is 4.79 Å². The molecule has 25 heavy (non-hydrogen) atoms. The molecule has 2 saturated carbocycles. The van der Waals surface area contributed by atoms with Gasteiger partial charge in [-0.1, -0.05) is 60.8 Å². The van der Waals surface area contributed by atoms with Gasteiger partial charge in [-0.25, -0.2) is 0 Å². The first-order chi connectivity index (χ1) is 12.2. The van der Waals surface area contributed by atoms with Crippen LogP contribution in [0, 0.1) is 41.4 Å². The zero-order chi connectivity index (χ0) is 17.6. The van der Waals surface area contributed by atoms with Gasteiger partial charge in [-0.3, -0.25) is 4.79 Å². The largest absolute Gasteiger partial charge is 0.299 e. The number of carbonyl (C=O) groups excluding carboxylic acids is 1. The van der Waals surface area contributed by atoms with Crippen LogP contribution in [0.5, 0.6) is 0 Å². The number of Topliss-reactive ketones (excluding diaryl/α,β-unsaturated/α-hetero) is 1. The van der Waals surface area contributed by atoms with Crippen molar-refractivity contribution in [2.45, 2.75) is 13.3 Å². The molecule has 4 aliphatic carbocycles. The lowest BCUT2D eigenvalue weighted by atomic mass is 9.64. The van der Waals surface area contributed by atoms with E-state index in [9.17, 15) is 4.79 Å². The highest BCUT2D eigenvalue weighted by Gasteiger charge is 2.61. The molecule has 5 unspecified atom stereocenters. The predicted molar refractivity (Wildman–Crippen MR) is 104 cm³/mol. The lowest BCUT2D eigenvalue weighted by molar-refractivity contribution is -0.122. The lowest BCUT2D eigenvalue weighted by Crippen LogP contribution is -2.34. The molecule has 128 valence electrons. The number of allylic oxidation sites excluding steroid dienone is 12. The van der Waals surface area contributed by atoms with Crippen molar-refractivity contribution in [1.82, 2.24) is 0 Å². The third-order valence-electron chi connectivity index (χ3n) is 6.49. The van der Waals surface area contributed by atoms with Gasteiger partial charge < -0.3 is 0 Å². The van der Waals surface area contributed by atoms with E-state index >= 15 is 0 Å². The Labute approximate surface area is 150 Å². The number of hydrogen-bond acceptors (Lipinski definition) is 1. The zero-order valence-corrected chi connectivity index (χ0v) is 14.8. The van der Waals surface area contributed by atoms with Crippen molar-refractivity contribution in [3.8, 4) is 0 Å². The summed E-state index contributed by atoms with van der Waals surface area (Å²) in [6.07, 6.45) is 22.8. The fourth-order valence-electron chi connectivity index (χ4n) is 5.48. The topological polar surface area (TPSA) is 17.1 Å². The molecule has 1 heteroatoms. The molecule has 0 amide bonds. The van der Waals surface area contributed by atoms with Crippen molar-refractivity contribution in [2.75, 3.05) is 0 Å². The van der Waals surface area contributed by atoms with Crippen molar-refractivity contribution >= 4 is 5.78 Å². The van der Waals surface area contributed by atoms with E-state index in [0.717, 1.165) is 6.42 Å². The minimum atomic E-state index is 0.147. The summed E-state index contributed by atoms with van der Waals surface area (Å²) in [5, 5.41) is 0. The third kappa shape index (κ3) is 2.40. The van der Waals surface area contributed by atoms with E-state index in [1.807, 2.05) is 19.1 Å². The molecule has 0 aliphatic heterocycles. The summed E-state index contributed by atoms with van der Waals surface area (Å²) < 4.78 is 0. The van der Waals surface area contributed by atoms with Gasteiger partial charge in [-0.05, 0) is 48.2 Å². The second kappa shape index (κ2) is 6.29. The molecule has 0 heterocycles. The maximum Gasteiger partial charge on any atom is 0.141 e. The Morgan fingerprint density at radius 3 is 2.36 bits per heavy atom. The quantitative estimate of drug-likeness (QED) is 0.631. The maximum atomic E-state index is 13.1. The van der Waals surface area contributed by atoms with E-state index < -0.39 is 0 Å². The van der Waals surface area contributed by atoms with Crippen molar-refractivity contribution in [1.29, 1.82) is 0 Å². The van der Waals surface area contributed by atoms with Gasteiger partial charge in [-0.15, -0.1) is 13.2 Å². The minimum absolute atomic E-state index is 0.147. The average Bonchev–Trinajstić information content (AvgIpc) is 3.07. The van der Waals surface area contributed by atoms with Crippen LogP contribution in [0.1, 0.15) is 13.3 Å². The molecule has 0 saturated heterocycles. The van der Waals surface area contributed by atoms with Gasteiger partial charge in [0.15, 0.2) is 0 Å². The van der Waals surface area contributed by atoms with Gasteiger partial charge in [0.05, 0.1) is 0 Å². The molecular weight excluding hydrogens is 304 g/mol. The molecule has 4 aliphatic rings. The highest BCUT2D eigenvalue weighted by Crippen LogP contribution is 2.60. The smallest absolute Gasteiger partial charge is 0.141 e. The van der Waals surface area contributed by atoms with E-state index in [-0.39, 0.29) is 11.8 Å². The van der Waals surface area contributed by atoms with Crippen LogP contribution in [0.25, 0.3) is 0 Å². The summed E-state index contributed by atoms with van der Waals surface area (Å²) >= 11 is 0. The molecule has 0 radical (unpaired) electrons. The molecule has 4 rings (SSSR count). The molecule has 0 spiro atoms. The van der Waals surface area contributed by atoms with Crippen LogP contribution in [0.15, 0.2) is 85.1 Å². The summed E-state index contributed by atoms with van der Waals surface area (Å²) in [6.45, 7) is 9.88. The lowest BCUT2D eigenvalue weighted by Gasteiger charge is -2.38. The van der Waals surface area contributed by atoms with Crippen molar-refractivity contribution in [3.05, 3.63) is 85.1 Å². The number of rotatable bonds is 5. The Morgan fingerprint density at radius 1 is 1.04 bits per heavy atom. The normalized spacial score (nSPS) is 39.0. The van der Waals surface area contributed by atoms with E-state index in [0.29, 0.717) is 35.4 Å². The first-order valence-electron chi connectivity index (χ1n) is 9.39. The fraction of sp³-hybridized carbons (Fsp3) is 0.375. The van der Waals surface area contributed by atoms with Crippen molar-refractivity contribution in [3.63, 3.8) is 0 Å². The van der Waals surface area contributed by atoms with Gasteiger partial charge in [0.2, 0.25) is 0 Å². The zero-order valence-electron chi connectivity index (χ0n) is 14.8. The first kappa shape index (κ1) is 16.3. The molecule has 0 aromatic rings. The predicted octanol–water partition coefficient (Wildman–Crippen LogP) is 5.23. The van der Waals surface area contributed by atoms with E-state index in [4.69, 9.17) is 0 Å². The highest BCUT2D eigenvalue weighted by atomic mass is 16.1. The molecule has 0 aromatic carbocycles. The van der Waals surface area contributed by atoms with E-state index in [2.05, 4.69) is 61.8 Å². The van der Waals surface area contributed by atoms with Crippen LogP contribution in [0.4, 0.5) is 0 Å². The highest BCUT2D eigenvalue weighted by molar-refractivity contribution is 5.91. The summed E-state index contributed by atoms with van der Waals surface area (Å²) in [4.78, 5) is 13.1. The van der Waals surface area contributed by atoms with E-state index in [1.54, 1.807) is 0 Å². The maximum absolute atomic E-state index is 13.1. The SMILES string of the molecule is C=CCC(C=C)C1=CC2C(C=C1)[C@H]1C(=O)[C@@H]2C2C=CC(C=CC)=CC21. The number of carbonyl (C=O) groups is 1. The Morgan fingerprint density at radius 2 is 1.72 bits per heavy atom. The third-order valence-corrected chi connectivity index (χ3v) is 6.49. The van der Waals surface area contributed by atoms with Crippen LogP contribution in [0.2, 0.25) is 0 Å². The van der Waals surface area contributed by atoms with Crippen molar-refractivity contribution < 1.29 is 4.79 Å². The standard InChI is InChI=1S/C24H26O/c1-4-7-15-9-11-18-20(13-15)22-19-12-10-17(16(6-3)8-5-2)14-21(19)23(18)24(22)25/h4-7,9-14,16,18-23H,2-3,8H2,1H3/t16?,18?,19?,20?,21?,22-,23-/m1/s1. The molecule has 1 nitrogen and oxygen atoms in total. The summed E-state index contributed by atoms with van der Waals surface area (Å²) in [5.74, 6) is 2.56. The van der Waals surface area contributed by atoms with Crippen LogP contribution < -0.4 is 0 Å². The first-order valence-corrected chi connectivity index (χ1v) is 9.39. The summed E-state index contributed by atoms with van der Waals surface area (Å²) in [5.41, 5.74) is 2.55. The van der Waals surface area contributed by atoms with Crippen molar-refractivity contribution in [2.24, 2.45) is 41.4 Å². The number of fused-ring (bicyclic) bond motifs is 8. The summed E-state index contributed by atoms with van der Waals surface area (Å²) in [6, 6.07) is 0. The van der Waals surface area contributed by atoms with Crippen LogP contribution >= 0.6 is 0 Å². The Bertz CT molecular complexity index is 757. The Balaban J connectivity index is 1.66. The second-order valence-corrected chi connectivity index (χ2v) is 7.68. The van der Waals surface area contributed by atoms with Gasteiger partial charge in [0.25, 0.3) is 0 Å². The molecule has 0 N–H and O–H groups in total. The van der Waals surface area contributed by atoms with Gasteiger partial charge in [0.1, 0.15) is 5.78 Å². The second-order valence-electron chi connectivity index (χ2n) is 7.68. The van der Waals surface area contributed by atoms with Gasteiger partial charge >= 0.3 is 0 Å². The monoisotopic (exact) mass is 330 g/mol. The van der Waals surface area contributed by atoms with E-state index in [1.165, 1.54) is 11.1 Å². The Kier molecular flexibility index (Phi) is 4.11. The van der Waals surface area contributed by atoms with Crippen LogP contribution in [-0.4, -0.2) is 5.78 Å². The van der Waals surface area contributed by atoms with Gasteiger partial charge in [-0.2, -0.15) is 0 Å². The Hall–Kier alpha value is -2.15. The average molecular weight is 330 g/mol. The van der Waals surface area contributed by atoms with Gasteiger partial charge in [0, 0.05) is 17.8 Å². The van der Waals surface area contributed by atoms with Crippen LogP contribution in [0.3, 0.4) is 0 Å². The molecule has 0 aromatic heterocycles. The summed E-state index contributed by atoms with van der Waals surface area (Å²) in [7, 11) is 0. The fourth-order valence-corrected chi connectivity index (χ4v) is 5.48. The molecule has 2 bridgehead atoms. The number of hydrogen-bond donors (Lipinski definition) is 0. The molecule has 7 atom stereocenters.